The lowest BCUT2D eigenvalue weighted by atomic mass is 10.3. The van der Waals surface area contributed by atoms with Crippen LogP contribution in [0.25, 0.3) is 0 Å². The Morgan fingerprint density at radius 3 is 2.73 bits per heavy atom. The average Bonchev–Trinajstić information content (AvgIpc) is 3.11. The van der Waals surface area contributed by atoms with Crippen molar-refractivity contribution < 1.29 is 4.79 Å². The first kappa shape index (κ1) is 9.01. The molecule has 15 heavy (non-hydrogen) atoms. The Kier molecular flexibility index (Phi) is 1.87. The third-order valence-corrected chi connectivity index (χ3v) is 3.73. The zero-order chi connectivity index (χ0) is 10.3. The molecule has 0 bridgehead atoms. The Labute approximate surface area is 89.5 Å². The zero-order valence-electron chi connectivity index (χ0n) is 8.78. The molecule has 0 saturated heterocycles. The van der Waals surface area contributed by atoms with Gasteiger partial charge < -0.3 is 9.88 Å². The molecule has 1 amide bonds. The van der Waals surface area contributed by atoms with Gasteiger partial charge in [-0.3, -0.25) is 4.79 Å². The second kappa shape index (κ2) is 3.12. The van der Waals surface area contributed by atoms with Crippen LogP contribution in [0.5, 0.6) is 0 Å². The number of carbonyl (C=O) groups is 1. The second-order valence-corrected chi connectivity index (χ2v) is 4.83. The highest BCUT2D eigenvalue weighted by Crippen LogP contribution is 2.70. The number of hydrogen-bond acceptors (Lipinski definition) is 1. The van der Waals surface area contributed by atoms with E-state index in [4.69, 9.17) is 0 Å². The summed E-state index contributed by atoms with van der Waals surface area (Å²) in [5.74, 6) is 0.627. The Hall–Kier alpha value is -1.25. The fraction of sp³-hybridized carbons (Fsp3) is 0.583. The number of aromatic nitrogens is 1. The largest absolute Gasteiger partial charge is 0.354 e. The van der Waals surface area contributed by atoms with E-state index in [2.05, 4.69) is 9.88 Å². The van der Waals surface area contributed by atoms with Gasteiger partial charge >= 0.3 is 0 Å². The monoisotopic (exact) mass is 204 g/mol. The van der Waals surface area contributed by atoms with Crippen LogP contribution in [-0.2, 0) is 11.3 Å². The van der Waals surface area contributed by atoms with Crippen LogP contribution >= 0.6 is 0 Å². The number of carbonyl (C=O) groups excluding carboxylic acids is 1. The molecule has 3 nitrogen and oxygen atoms in total. The number of amides is 1. The molecule has 1 atom stereocenters. The lowest BCUT2D eigenvalue weighted by Gasteiger charge is -2.05. The highest BCUT2D eigenvalue weighted by molar-refractivity contribution is 5.83. The van der Waals surface area contributed by atoms with Crippen molar-refractivity contribution in [2.45, 2.75) is 25.8 Å². The normalized spacial score (nSPS) is 25.2. The Bertz CT molecular complexity index is 365. The first-order valence-corrected chi connectivity index (χ1v) is 5.69. The van der Waals surface area contributed by atoms with Gasteiger partial charge in [0.15, 0.2) is 0 Å². The molecule has 0 aromatic carbocycles. The van der Waals surface area contributed by atoms with Crippen LogP contribution in [0.4, 0.5) is 0 Å². The van der Waals surface area contributed by atoms with Crippen LogP contribution < -0.4 is 5.32 Å². The zero-order valence-corrected chi connectivity index (χ0v) is 8.78. The maximum Gasteiger partial charge on any atom is 0.223 e. The maximum absolute atomic E-state index is 11.7. The summed E-state index contributed by atoms with van der Waals surface area (Å²) in [6, 6.07) is 4.00. The van der Waals surface area contributed by atoms with E-state index in [0.717, 1.165) is 19.5 Å². The standard InChI is InChI=1S/C12H16N2O/c15-11(10-9-12(10)3-4-12)13-5-8-14-6-1-2-7-14/h1-2,6-7,10H,3-5,8-9H2,(H,13,15)/t10-/m1/s1. The molecule has 1 aromatic rings. The molecule has 2 saturated carbocycles. The topological polar surface area (TPSA) is 34.0 Å². The van der Waals surface area contributed by atoms with Crippen LogP contribution in [0.15, 0.2) is 24.5 Å². The first-order chi connectivity index (χ1) is 7.30. The summed E-state index contributed by atoms with van der Waals surface area (Å²) < 4.78 is 2.08. The molecular formula is C12H16N2O. The van der Waals surface area contributed by atoms with E-state index in [1.54, 1.807) is 0 Å². The van der Waals surface area contributed by atoms with Crippen molar-refractivity contribution in [3.05, 3.63) is 24.5 Å². The van der Waals surface area contributed by atoms with E-state index in [1.165, 1.54) is 12.8 Å². The highest BCUT2D eigenvalue weighted by Gasteiger charge is 2.65. The molecular weight excluding hydrogens is 188 g/mol. The molecule has 2 fully saturated rings. The lowest BCUT2D eigenvalue weighted by Crippen LogP contribution is -2.28. The van der Waals surface area contributed by atoms with E-state index in [1.807, 2.05) is 24.5 Å². The molecule has 2 aliphatic rings. The van der Waals surface area contributed by atoms with Gasteiger partial charge in [-0.15, -0.1) is 0 Å². The number of nitrogens with zero attached hydrogens (tertiary/aromatic N) is 1. The third kappa shape index (κ3) is 1.66. The van der Waals surface area contributed by atoms with Crippen LogP contribution in [0, 0.1) is 11.3 Å². The summed E-state index contributed by atoms with van der Waals surface area (Å²) in [6.07, 6.45) is 7.74. The Balaban J connectivity index is 1.41. The first-order valence-electron chi connectivity index (χ1n) is 5.69. The average molecular weight is 204 g/mol. The smallest absolute Gasteiger partial charge is 0.223 e. The van der Waals surface area contributed by atoms with Crippen LogP contribution in [0.2, 0.25) is 0 Å². The fourth-order valence-corrected chi connectivity index (χ4v) is 2.38. The van der Waals surface area contributed by atoms with Crippen molar-refractivity contribution in [2.24, 2.45) is 11.3 Å². The minimum atomic E-state index is 0.277. The van der Waals surface area contributed by atoms with Gasteiger partial charge in [-0.05, 0) is 36.8 Å². The minimum absolute atomic E-state index is 0.277. The molecule has 3 rings (SSSR count). The van der Waals surface area contributed by atoms with Gasteiger partial charge in [0.05, 0.1) is 0 Å². The Morgan fingerprint density at radius 2 is 2.13 bits per heavy atom. The maximum atomic E-state index is 11.7. The summed E-state index contributed by atoms with van der Waals surface area (Å²) in [6.45, 7) is 1.62. The summed E-state index contributed by atoms with van der Waals surface area (Å²) in [5, 5.41) is 3.02. The van der Waals surface area contributed by atoms with Crippen molar-refractivity contribution in [1.29, 1.82) is 0 Å². The lowest BCUT2D eigenvalue weighted by molar-refractivity contribution is -0.122. The summed E-state index contributed by atoms with van der Waals surface area (Å²) in [4.78, 5) is 11.7. The van der Waals surface area contributed by atoms with Crippen molar-refractivity contribution in [2.75, 3.05) is 6.54 Å². The van der Waals surface area contributed by atoms with Gasteiger partial charge in [0.1, 0.15) is 0 Å². The number of rotatable bonds is 4. The van der Waals surface area contributed by atoms with Crippen molar-refractivity contribution in [1.82, 2.24) is 9.88 Å². The van der Waals surface area contributed by atoms with E-state index in [-0.39, 0.29) is 5.91 Å². The Morgan fingerprint density at radius 1 is 1.40 bits per heavy atom. The van der Waals surface area contributed by atoms with Crippen molar-refractivity contribution >= 4 is 5.91 Å². The molecule has 2 aliphatic carbocycles. The van der Waals surface area contributed by atoms with Crippen molar-refractivity contribution in [3.63, 3.8) is 0 Å². The van der Waals surface area contributed by atoms with E-state index in [0.29, 0.717) is 11.3 Å². The highest BCUT2D eigenvalue weighted by atomic mass is 16.2. The van der Waals surface area contributed by atoms with Crippen molar-refractivity contribution in [3.8, 4) is 0 Å². The van der Waals surface area contributed by atoms with Gasteiger partial charge in [0, 0.05) is 31.4 Å². The quantitative estimate of drug-likeness (QED) is 0.790. The molecule has 3 heteroatoms. The summed E-state index contributed by atoms with van der Waals surface area (Å²) in [5.41, 5.74) is 0.484. The molecule has 0 unspecified atom stereocenters. The molecule has 0 radical (unpaired) electrons. The van der Waals surface area contributed by atoms with E-state index >= 15 is 0 Å². The third-order valence-electron chi connectivity index (χ3n) is 3.73. The molecule has 80 valence electrons. The predicted octanol–water partition coefficient (Wildman–Crippen LogP) is 1.40. The van der Waals surface area contributed by atoms with Crippen LogP contribution in [0.1, 0.15) is 19.3 Å². The summed E-state index contributed by atoms with van der Waals surface area (Å²) in [7, 11) is 0. The van der Waals surface area contributed by atoms with E-state index < -0.39 is 0 Å². The van der Waals surface area contributed by atoms with Gasteiger partial charge in [-0.1, -0.05) is 0 Å². The predicted molar refractivity (Wildman–Crippen MR) is 57.2 cm³/mol. The molecule has 1 aromatic heterocycles. The molecule has 1 N–H and O–H groups in total. The van der Waals surface area contributed by atoms with Gasteiger partial charge in [0.2, 0.25) is 5.91 Å². The fourth-order valence-electron chi connectivity index (χ4n) is 2.38. The molecule has 0 aliphatic heterocycles. The van der Waals surface area contributed by atoms with E-state index in [9.17, 15) is 4.79 Å². The number of hydrogen-bond donors (Lipinski definition) is 1. The second-order valence-electron chi connectivity index (χ2n) is 4.83. The molecule has 1 spiro atoms. The minimum Gasteiger partial charge on any atom is -0.354 e. The van der Waals surface area contributed by atoms with Crippen LogP contribution in [-0.4, -0.2) is 17.0 Å². The number of nitrogens with one attached hydrogen (secondary N) is 1. The molecule has 1 heterocycles. The van der Waals surface area contributed by atoms with Crippen LogP contribution in [0.3, 0.4) is 0 Å². The SMILES string of the molecule is O=C(NCCn1cccc1)[C@H]1CC12CC2. The van der Waals surface area contributed by atoms with Gasteiger partial charge in [-0.2, -0.15) is 0 Å². The van der Waals surface area contributed by atoms with Gasteiger partial charge in [0.25, 0.3) is 0 Å². The summed E-state index contributed by atoms with van der Waals surface area (Å²) >= 11 is 0. The van der Waals surface area contributed by atoms with Gasteiger partial charge in [-0.25, -0.2) is 0 Å².